The van der Waals surface area contributed by atoms with Crippen molar-refractivity contribution in [2.24, 2.45) is 0 Å². The van der Waals surface area contributed by atoms with E-state index >= 15 is 0 Å². The Labute approximate surface area is 127 Å². The fourth-order valence-electron chi connectivity index (χ4n) is 1.59. The van der Waals surface area contributed by atoms with E-state index in [0.717, 1.165) is 4.31 Å². The number of nitrogen functional groups attached to an aromatic ring is 1. The van der Waals surface area contributed by atoms with E-state index in [0.29, 0.717) is 10.2 Å². The van der Waals surface area contributed by atoms with Gasteiger partial charge in [0, 0.05) is 16.2 Å². The van der Waals surface area contributed by atoms with Crippen LogP contribution in [0.25, 0.3) is 0 Å². The maximum Gasteiger partial charge on any atom is 0.321 e. The fourth-order valence-corrected chi connectivity index (χ4v) is 4.23. The normalized spacial score (nSPS) is 11.9. The van der Waals surface area contributed by atoms with Crippen LogP contribution in [0.4, 0.5) is 5.69 Å². The van der Waals surface area contributed by atoms with Gasteiger partial charge in [0.2, 0.25) is 10.0 Å². The summed E-state index contributed by atoms with van der Waals surface area (Å²) in [5.41, 5.74) is 6.04. The molecule has 1 rings (SSSR count). The number of halogens is 1. The van der Waals surface area contributed by atoms with Gasteiger partial charge in [0.25, 0.3) is 0 Å². The van der Waals surface area contributed by atoms with E-state index in [-0.39, 0.29) is 17.5 Å². The summed E-state index contributed by atoms with van der Waals surface area (Å²) in [6, 6.07) is 4.02. The Morgan fingerprint density at radius 2 is 2.05 bits per heavy atom. The maximum atomic E-state index is 12.6. The SMILES string of the molecule is COC(=O)CN(C(C)C)S(=O)(=O)c1ccc(N)cc1Br. The lowest BCUT2D eigenvalue weighted by atomic mass is 10.3. The molecule has 0 aromatic heterocycles. The zero-order valence-electron chi connectivity index (χ0n) is 11.5. The monoisotopic (exact) mass is 364 g/mol. The van der Waals surface area contributed by atoms with Crippen LogP contribution in [-0.4, -0.2) is 38.4 Å². The average molecular weight is 365 g/mol. The Morgan fingerprint density at radius 1 is 1.45 bits per heavy atom. The summed E-state index contributed by atoms with van der Waals surface area (Å²) in [6.45, 7) is 3.03. The molecule has 0 aliphatic rings. The number of nitrogens with zero attached hydrogens (tertiary/aromatic N) is 1. The highest BCUT2D eigenvalue weighted by Crippen LogP contribution is 2.28. The Hall–Kier alpha value is -1.12. The van der Waals surface area contributed by atoms with Crippen molar-refractivity contribution in [3.8, 4) is 0 Å². The van der Waals surface area contributed by atoms with Gasteiger partial charge in [-0.2, -0.15) is 4.31 Å². The highest BCUT2D eigenvalue weighted by Gasteiger charge is 2.30. The molecule has 0 fully saturated rings. The third kappa shape index (κ3) is 3.71. The molecule has 0 atom stereocenters. The van der Waals surface area contributed by atoms with Crippen LogP contribution in [0.1, 0.15) is 13.8 Å². The second kappa shape index (κ2) is 6.55. The second-order valence-corrected chi connectivity index (χ2v) is 7.12. The summed E-state index contributed by atoms with van der Waals surface area (Å²) in [5, 5.41) is 0. The van der Waals surface area contributed by atoms with Crippen LogP contribution in [0.2, 0.25) is 0 Å². The average Bonchev–Trinajstić information content (AvgIpc) is 2.34. The zero-order chi connectivity index (χ0) is 15.5. The topological polar surface area (TPSA) is 89.7 Å². The molecule has 8 heteroatoms. The molecule has 20 heavy (non-hydrogen) atoms. The van der Waals surface area contributed by atoms with Crippen LogP contribution < -0.4 is 5.73 Å². The van der Waals surface area contributed by atoms with Gasteiger partial charge in [-0.3, -0.25) is 4.79 Å². The van der Waals surface area contributed by atoms with Gasteiger partial charge >= 0.3 is 5.97 Å². The maximum absolute atomic E-state index is 12.6. The second-order valence-electron chi connectivity index (χ2n) is 4.41. The summed E-state index contributed by atoms with van der Waals surface area (Å²) < 4.78 is 31.2. The van der Waals surface area contributed by atoms with Crippen molar-refractivity contribution in [3.05, 3.63) is 22.7 Å². The van der Waals surface area contributed by atoms with Crippen LogP contribution in [0.15, 0.2) is 27.6 Å². The Morgan fingerprint density at radius 3 is 2.50 bits per heavy atom. The van der Waals surface area contributed by atoms with Gasteiger partial charge in [-0.25, -0.2) is 8.42 Å². The molecule has 0 unspecified atom stereocenters. The van der Waals surface area contributed by atoms with E-state index in [1.54, 1.807) is 13.8 Å². The van der Waals surface area contributed by atoms with Crippen LogP contribution >= 0.6 is 15.9 Å². The van der Waals surface area contributed by atoms with E-state index in [2.05, 4.69) is 20.7 Å². The molecule has 0 spiro atoms. The number of sulfonamides is 1. The van der Waals surface area contributed by atoms with Crippen molar-refractivity contribution < 1.29 is 17.9 Å². The predicted octanol–water partition coefficient (Wildman–Crippen LogP) is 1.60. The lowest BCUT2D eigenvalue weighted by molar-refractivity contribution is -0.141. The van der Waals surface area contributed by atoms with Gasteiger partial charge in [0.05, 0.1) is 12.0 Å². The van der Waals surface area contributed by atoms with E-state index in [9.17, 15) is 13.2 Å². The number of carbonyl (C=O) groups is 1. The molecule has 0 aliphatic heterocycles. The summed E-state index contributed by atoms with van der Waals surface area (Å²) in [6.07, 6.45) is 0. The molecule has 0 saturated carbocycles. The molecule has 6 nitrogen and oxygen atoms in total. The molecule has 0 aliphatic carbocycles. The number of carbonyl (C=O) groups excluding carboxylic acids is 1. The van der Waals surface area contributed by atoms with Crippen molar-refractivity contribution in [3.63, 3.8) is 0 Å². The van der Waals surface area contributed by atoms with Crippen molar-refractivity contribution in [2.75, 3.05) is 19.4 Å². The van der Waals surface area contributed by atoms with E-state index in [1.807, 2.05) is 0 Å². The van der Waals surface area contributed by atoms with Crippen LogP contribution in [0.5, 0.6) is 0 Å². The highest BCUT2D eigenvalue weighted by molar-refractivity contribution is 9.10. The highest BCUT2D eigenvalue weighted by atomic mass is 79.9. The smallest absolute Gasteiger partial charge is 0.321 e. The lowest BCUT2D eigenvalue weighted by Gasteiger charge is -2.25. The molecule has 0 radical (unpaired) electrons. The Kier molecular flexibility index (Phi) is 5.55. The largest absolute Gasteiger partial charge is 0.468 e. The van der Waals surface area contributed by atoms with Crippen LogP contribution in [-0.2, 0) is 19.6 Å². The first-order chi connectivity index (χ1) is 9.20. The zero-order valence-corrected chi connectivity index (χ0v) is 13.9. The fraction of sp³-hybridized carbons (Fsp3) is 0.417. The molecule has 0 saturated heterocycles. The van der Waals surface area contributed by atoms with Gasteiger partial charge in [-0.15, -0.1) is 0 Å². The third-order valence-corrected chi connectivity index (χ3v) is 5.63. The molecular formula is C12H17BrN2O4S. The lowest BCUT2D eigenvalue weighted by Crippen LogP contribution is -2.41. The Bertz CT molecular complexity index is 601. The quantitative estimate of drug-likeness (QED) is 0.632. The first-order valence-electron chi connectivity index (χ1n) is 5.83. The van der Waals surface area contributed by atoms with Crippen LogP contribution in [0.3, 0.4) is 0 Å². The molecular weight excluding hydrogens is 348 g/mol. The van der Waals surface area contributed by atoms with Crippen molar-refractivity contribution in [2.45, 2.75) is 24.8 Å². The first-order valence-corrected chi connectivity index (χ1v) is 8.07. The third-order valence-electron chi connectivity index (χ3n) is 2.63. The number of nitrogens with two attached hydrogens (primary N) is 1. The number of hydrogen-bond acceptors (Lipinski definition) is 5. The molecule has 2 N–H and O–H groups in total. The minimum absolute atomic E-state index is 0.0595. The number of benzene rings is 1. The van der Waals surface area contributed by atoms with Gasteiger partial charge in [0.1, 0.15) is 6.54 Å². The van der Waals surface area contributed by atoms with E-state index in [4.69, 9.17) is 5.73 Å². The molecule has 112 valence electrons. The number of anilines is 1. The summed E-state index contributed by atoms with van der Waals surface area (Å²) in [7, 11) is -2.61. The molecule has 1 aromatic rings. The summed E-state index contributed by atoms with van der Waals surface area (Å²) in [4.78, 5) is 11.4. The van der Waals surface area contributed by atoms with Crippen LogP contribution in [0, 0.1) is 0 Å². The first kappa shape index (κ1) is 16.9. The molecule has 0 amide bonds. The standard InChI is InChI=1S/C12H17BrN2O4S/c1-8(2)15(7-12(16)19-3)20(17,18)11-5-4-9(14)6-10(11)13/h4-6,8H,7,14H2,1-3H3. The Balaban J connectivity index is 3.26. The van der Waals surface area contributed by atoms with Gasteiger partial charge in [0.15, 0.2) is 0 Å². The van der Waals surface area contributed by atoms with Crippen molar-refractivity contribution in [1.82, 2.24) is 4.31 Å². The molecule has 0 heterocycles. The molecule has 1 aromatic carbocycles. The van der Waals surface area contributed by atoms with Gasteiger partial charge in [-0.05, 0) is 48.0 Å². The minimum Gasteiger partial charge on any atom is -0.468 e. The van der Waals surface area contributed by atoms with Gasteiger partial charge in [-0.1, -0.05) is 0 Å². The van der Waals surface area contributed by atoms with Gasteiger partial charge < -0.3 is 10.5 Å². The predicted molar refractivity (Wildman–Crippen MR) is 79.6 cm³/mol. The number of rotatable bonds is 5. The number of ether oxygens (including phenoxy) is 1. The number of methoxy groups -OCH3 is 1. The van der Waals surface area contributed by atoms with E-state index < -0.39 is 16.0 Å². The van der Waals surface area contributed by atoms with Crippen molar-refractivity contribution >= 4 is 37.6 Å². The number of esters is 1. The number of hydrogen-bond donors (Lipinski definition) is 1. The summed E-state index contributed by atoms with van der Waals surface area (Å²) in [5.74, 6) is -0.617. The summed E-state index contributed by atoms with van der Waals surface area (Å²) >= 11 is 3.18. The minimum atomic E-state index is -3.82. The van der Waals surface area contributed by atoms with E-state index in [1.165, 1.54) is 25.3 Å². The molecule has 0 bridgehead atoms. The van der Waals surface area contributed by atoms with Crippen molar-refractivity contribution in [1.29, 1.82) is 0 Å².